The van der Waals surface area contributed by atoms with Gasteiger partial charge >= 0.3 is 0 Å². The highest BCUT2D eigenvalue weighted by Gasteiger charge is 2.16. The van der Waals surface area contributed by atoms with E-state index in [2.05, 4.69) is 9.97 Å². The lowest BCUT2D eigenvalue weighted by atomic mass is 9.97. The van der Waals surface area contributed by atoms with Gasteiger partial charge < -0.3 is 17.6 Å². The zero-order valence-corrected chi connectivity index (χ0v) is 10.4. The maximum Gasteiger partial charge on any atom is 0.196 e. The second-order valence-corrected chi connectivity index (χ2v) is 5.64. The van der Waals surface area contributed by atoms with Crippen LogP contribution in [0, 0.1) is 4.77 Å². The summed E-state index contributed by atoms with van der Waals surface area (Å²) in [5.74, 6) is 0. The molecule has 0 spiro atoms. The van der Waals surface area contributed by atoms with Crippen molar-refractivity contribution in [1.82, 2.24) is 9.97 Å². The third-order valence-corrected chi connectivity index (χ3v) is 4.49. The Morgan fingerprint density at radius 1 is 1.33 bits per heavy atom. The standard InChI is InChI=1S/C10H10N2S3/c13-8-7-5-3-1-2-4-6(5)15-9(7)12-10(14)11-8/h1-4H2,(H2,11,12,13,14)/p-1. The van der Waals surface area contributed by atoms with E-state index in [0.717, 1.165) is 21.7 Å². The van der Waals surface area contributed by atoms with Gasteiger partial charge in [-0.3, -0.25) is 0 Å². The van der Waals surface area contributed by atoms with Gasteiger partial charge in [0, 0.05) is 10.3 Å². The average Bonchev–Trinajstić information content (AvgIpc) is 2.54. The first kappa shape index (κ1) is 9.69. The van der Waals surface area contributed by atoms with E-state index in [9.17, 15) is 0 Å². The first-order valence-corrected chi connectivity index (χ1v) is 6.60. The topological polar surface area (TPSA) is 28.7 Å². The minimum Gasteiger partial charge on any atom is -0.762 e. The maximum atomic E-state index is 5.32. The molecule has 0 atom stereocenters. The number of thiophene rings is 1. The van der Waals surface area contributed by atoms with Crippen LogP contribution < -0.4 is 0 Å². The number of hydrogen-bond donors (Lipinski definition) is 1. The molecule has 0 saturated heterocycles. The van der Waals surface area contributed by atoms with Gasteiger partial charge in [-0.25, -0.2) is 4.98 Å². The van der Waals surface area contributed by atoms with Crippen molar-refractivity contribution in [3.63, 3.8) is 0 Å². The number of rotatable bonds is 0. The number of nitrogens with one attached hydrogen (secondary N) is 1. The zero-order valence-electron chi connectivity index (χ0n) is 8.00. The Morgan fingerprint density at radius 3 is 3.00 bits per heavy atom. The van der Waals surface area contributed by atoms with Gasteiger partial charge in [0.25, 0.3) is 0 Å². The van der Waals surface area contributed by atoms with Crippen LogP contribution in [0.25, 0.3) is 10.2 Å². The van der Waals surface area contributed by atoms with Crippen LogP contribution >= 0.6 is 23.6 Å². The van der Waals surface area contributed by atoms with Crippen LogP contribution in [0.1, 0.15) is 23.3 Å². The van der Waals surface area contributed by atoms with Gasteiger partial charge in [-0.05, 0) is 43.5 Å². The smallest absolute Gasteiger partial charge is 0.196 e. The van der Waals surface area contributed by atoms with Crippen LogP contribution in [0.3, 0.4) is 0 Å². The second kappa shape index (κ2) is 3.50. The Balaban J connectivity index is 2.42. The highest BCUT2D eigenvalue weighted by Crippen LogP contribution is 2.36. The Hall–Kier alpha value is -0.520. The Labute approximate surface area is 102 Å². The van der Waals surface area contributed by atoms with Crippen LogP contribution in [0.5, 0.6) is 0 Å². The van der Waals surface area contributed by atoms with Crippen molar-refractivity contribution in [2.75, 3.05) is 0 Å². The van der Waals surface area contributed by atoms with Gasteiger partial charge in [0.05, 0.1) is 0 Å². The number of nitrogens with zero attached hydrogens (tertiary/aromatic N) is 1. The van der Waals surface area contributed by atoms with Crippen molar-refractivity contribution in [1.29, 1.82) is 0 Å². The Kier molecular flexibility index (Phi) is 2.26. The first-order valence-electron chi connectivity index (χ1n) is 4.97. The van der Waals surface area contributed by atoms with Crippen molar-refractivity contribution in [2.24, 2.45) is 0 Å². The van der Waals surface area contributed by atoms with Crippen molar-refractivity contribution in [3.8, 4) is 0 Å². The Bertz CT molecular complexity index is 582. The molecule has 0 amide bonds. The van der Waals surface area contributed by atoms with Crippen molar-refractivity contribution < 1.29 is 0 Å². The van der Waals surface area contributed by atoms with Crippen LogP contribution in [-0.4, -0.2) is 9.97 Å². The van der Waals surface area contributed by atoms with Crippen molar-refractivity contribution in [2.45, 2.75) is 30.7 Å². The predicted octanol–water partition coefficient (Wildman–Crippen LogP) is 3.14. The lowest BCUT2D eigenvalue weighted by Gasteiger charge is -2.13. The monoisotopic (exact) mass is 253 g/mol. The van der Waals surface area contributed by atoms with Crippen LogP contribution in [0.4, 0.5) is 0 Å². The van der Waals surface area contributed by atoms with Crippen molar-refractivity contribution in [3.05, 3.63) is 15.2 Å². The largest absolute Gasteiger partial charge is 0.762 e. The SMILES string of the molecule is S=c1nc2sc3c(c2c([S-])[nH]1)CCCC3. The van der Waals surface area contributed by atoms with E-state index in [1.807, 2.05) is 0 Å². The summed E-state index contributed by atoms with van der Waals surface area (Å²) in [7, 11) is 0. The van der Waals surface area contributed by atoms with Crippen molar-refractivity contribution >= 4 is 46.4 Å². The molecule has 2 aromatic rings. The fourth-order valence-corrected chi connectivity index (χ4v) is 4.11. The number of aromatic nitrogens is 2. The van der Waals surface area contributed by atoms with E-state index in [1.165, 1.54) is 29.7 Å². The molecule has 78 valence electrons. The Morgan fingerprint density at radius 2 is 2.13 bits per heavy atom. The van der Waals surface area contributed by atoms with Gasteiger partial charge in [0.15, 0.2) is 4.77 Å². The highest BCUT2D eigenvalue weighted by atomic mass is 32.1. The van der Waals surface area contributed by atoms with Gasteiger partial charge in [-0.15, -0.1) is 11.3 Å². The van der Waals surface area contributed by atoms with Crippen LogP contribution in [0.15, 0.2) is 5.03 Å². The number of H-pyrrole nitrogens is 1. The second-order valence-electron chi connectivity index (χ2n) is 3.76. The molecule has 1 aliphatic carbocycles. The van der Waals surface area contributed by atoms with E-state index < -0.39 is 0 Å². The zero-order chi connectivity index (χ0) is 10.4. The summed E-state index contributed by atoms with van der Waals surface area (Å²) in [5, 5.41) is 1.92. The van der Waals surface area contributed by atoms with Gasteiger partial charge in [0.1, 0.15) is 4.83 Å². The highest BCUT2D eigenvalue weighted by molar-refractivity contribution is 7.71. The molecular formula is C10H9N2S3-. The quantitative estimate of drug-likeness (QED) is 0.444. The normalized spacial score (nSPS) is 15.5. The molecule has 0 aromatic carbocycles. The first-order chi connectivity index (χ1) is 7.25. The van der Waals surface area contributed by atoms with Crippen LogP contribution in [-0.2, 0) is 25.5 Å². The summed E-state index contributed by atoms with van der Waals surface area (Å²) >= 11 is 12.1. The molecule has 3 rings (SSSR count). The summed E-state index contributed by atoms with van der Waals surface area (Å²) in [5.41, 5.74) is 1.42. The van der Waals surface area contributed by atoms with E-state index in [0.29, 0.717) is 4.77 Å². The molecule has 2 nitrogen and oxygen atoms in total. The molecule has 0 aliphatic heterocycles. The number of aromatic amines is 1. The molecule has 5 heteroatoms. The molecule has 0 fully saturated rings. The summed E-state index contributed by atoms with van der Waals surface area (Å²) in [6.45, 7) is 0. The van der Waals surface area contributed by atoms with E-state index in [-0.39, 0.29) is 0 Å². The molecule has 0 radical (unpaired) electrons. The summed E-state index contributed by atoms with van der Waals surface area (Å²) in [6.07, 6.45) is 4.88. The fourth-order valence-electron chi connectivity index (χ4n) is 2.14. The van der Waals surface area contributed by atoms with Gasteiger partial charge in [0.2, 0.25) is 0 Å². The van der Waals surface area contributed by atoms with Gasteiger partial charge in [-0.1, -0.05) is 5.03 Å². The molecule has 15 heavy (non-hydrogen) atoms. The molecule has 2 heterocycles. The molecule has 0 unspecified atom stereocenters. The lowest BCUT2D eigenvalue weighted by molar-refractivity contribution is 0.699. The van der Waals surface area contributed by atoms with E-state index in [1.54, 1.807) is 11.3 Å². The van der Waals surface area contributed by atoms with E-state index >= 15 is 0 Å². The summed E-state index contributed by atoms with van der Waals surface area (Å²) in [6, 6.07) is 0. The summed E-state index contributed by atoms with van der Waals surface area (Å²) in [4.78, 5) is 9.81. The van der Waals surface area contributed by atoms with Gasteiger partial charge in [-0.2, -0.15) is 0 Å². The van der Waals surface area contributed by atoms with E-state index in [4.69, 9.17) is 24.8 Å². The minimum atomic E-state index is 0.506. The number of fused-ring (bicyclic) bond motifs is 3. The molecule has 2 aromatic heterocycles. The lowest BCUT2D eigenvalue weighted by Crippen LogP contribution is -1.99. The third kappa shape index (κ3) is 1.49. The average molecular weight is 253 g/mol. The van der Waals surface area contributed by atoms with Crippen LogP contribution in [0.2, 0.25) is 0 Å². The fraction of sp³-hybridized carbons (Fsp3) is 0.400. The predicted molar refractivity (Wildman–Crippen MR) is 67.1 cm³/mol. The molecule has 1 N–H and O–H groups in total. The molecular weight excluding hydrogens is 244 g/mol. The third-order valence-electron chi connectivity index (χ3n) is 2.80. The minimum absolute atomic E-state index is 0.506. The molecule has 1 aliphatic rings. The molecule has 0 bridgehead atoms. The molecule has 0 saturated carbocycles. The number of hydrogen-bond acceptors (Lipinski definition) is 4. The number of aryl methyl sites for hydroxylation is 2. The summed E-state index contributed by atoms with van der Waals surface area (Å²) < 4.78 is 0.506. The maximum absolute atomic E-state index is 5.32.